The fourth-order valence-electron chi connectivity index (χ4n) is 3.49. The van der Waals surface area contributed by atoms with E-state index in [9.17, 15) is 9.46 Å². The smallest absolute Gasteiger partial charge is 0.305 e. The van der Waals surface area contributed by atoms with E-state index in [1.807, 2.05) is 28.1 Å². The summed E-state index contributed by atoms with van der Waals surface area (Å²) in [5, 5.41) is 0. The Bertz CT molecular complexity index is 412. The Hall–Kier alpha value is 0.0700. The minimum Gasteiger partial charge on any atom is -0.305 e. The van der Waals surface area contributed by atoms with E-state index in [1.54, 1.807) is 0 Å². The SMILES string of the molecule is CCCCCCCCCCCCCCCCOP(=O)(O)OC(CCC)[N+](C)(C)C. The first-order valence-corrected chi connectivity index (χ1v) is 13.7. The van der Waals surface area contributed by atoms with Gasteiger partial charge in [0.05, 0.1) is 27.7 Å². The summed E-state index contributed by atoms with van der Waals surface area (Å²) in [4.78, 5) is 9.98. The van der Waals surface area contributed by atoms with Gasteiger partial charge in [-0.3, -0.25) is 4.52 Å². The number of hydrogen-bond acceptors (Lipinski definition) is 3. The fourth-order valence-corrected chi connectivity index (χ4v) is 4.61. The van der Waals surface area contributed by atoms with Crippen molar-refractivity contribution >= 4 is 7.82 Å². The third-order valence-corrected chi connectivity index (χ3v) is 6.43. The van der Waals surface area contributed by atoms with Gasteiger partial charge in [0.2, 0.25) is 6.23 Å². The maximum Gasteiger partial charge on any atom is 0.476 e. The summed E-state index contributed by atoms with van der Waals surface area (Å²) in [5.41, 5.74) is 0. The first-order valence-electron chi connectivity index (χ1n) is 12.2. The first kappa shape index (κ1) is 29.1. The molecule has 176 valence electrons. The van der Waals surface area contributed by atoms with Crippen LogP contribution in [0.2, 0.25) is 0 Å². The Balaban J connectivity index is 3.58. The topological polar surface area (TPSA) is 55.8 Å². The molecule has 2 unspecified atom stereocenters. The number of nitrogens with zero attached hydrogens (tertiary/aromatic N) is 1. The van der Waals surface area contributed by atoms with Crippen LogP contribution in [0.5, 0.6) is 0 Å². The van der Waals surface area contributed by atoms with Crippen molar-refractivity contribution in [2.45, 2.75) is 123 Å². The van der Waals surface area contributed by atoms with Gasteiger partial charge in [0.25, 0.3) is 0 Å². The van der Waals surface area contributed by atoms with Gasteiger partial charge in [-0.2, -0.15) is 0 Å². The summed E-state index contributed by atoms with van der Waals surface area (Å²) >= 11 is 0. The van der Waals surface area contributed by atoms with Gasteiger partial charge in [-0.25, -0.2) is 9.09 Å². The quantitative estimate of drug-likeness (QED) is 0.0879. The van der Waals surface area contributed by atoms with E-state index in [0.29, 0.717) is 11.1 Å². The molecule has 0 bridgehead atoms. The highest BCUT2D eigenvalue weighted by Gasteiger charge is 2.33. The van der Waals surface area contributed by atoms with Crippen LogP contribution in [0.15, 0.2) is 0 Å². The molecule has 1 N–H and O–H groups in total. The number of phosphoric acid groups is 1. The predicted molar refractivity (Wildman–Crippen MR) is 124 cm³/mol. The molecule has 0 amide bonds. The van der Waals surface area contributed by atoms with Crippen LogP contribution in [-0.4, -0.2) is 43.4 Å². The maximum atomic E-state index is 12.2. The zero-order valence-electron chi connectivity index (χ0n) is 20.2. The van der Waals surface area contributed by atoms with Gasteiger partial charge in [0, 0.05) is 6.42 Å². The maximum absolute atomic E-state index is 12.2. The molecule has 0 fully saturated rings. The van der Waals surface area contributed by atoms with Crippen LogP contribution < -0.4 is 0 Å². The third kappa shape index (κ3) is 18.5. The molecule has 0 rings (SSSR count). The van der Waals surface area contributed by atoms with Crippen molar-refractivity contribution in [3.8, 4) is 0 Å². The van der Waals surface area contributed by atoms with E-state index >= 15 is 0 Å². The predicted octanol–water partition coefficient (Wildman–Crippen LogP) is 7.43. The average Bonchev–Trinajstić information content (AvgIpc) is 2.63. The van der Waals surface area contributed by atoms with Gasteiger partial charge in [0.15, 0.2) is 0 Å². The molecule has 0 saturated heterocycles. The average molecular weight is 437 g/mol. The molecule has 6 heteroatoms. The van der Waals surface area contributed by atoms with E-state index in [2.05, 4.69) is 6.92 Å². The standard InChI is InChI=1S/C23H50NO4P/c1-6-8-9-10-11-12-13-14-15-16-17-18-19-20-22-27-29(25,26)28-23(21-7-2)24(3,4)5/h23H,6-22H2,1-5H3/p+1. The fraction of sp³-hybridized carbons (Fsp3) is 1.00. The first-order chi connectivity index (χ1) is 13.7. The Labute approximate surface area is 181 Å². The molecule has 0 aliphatic carbocycles. The van der Waals surface area contributed by atoms with Crippen molar-refractivity contribution in [2.75, 3.05) is 27.7 Å². The van der Waals surface area contributed by atoms with Crippen LogP contribution >= 0.6 is 7.82 Å². The number of hydrogen-bond donors (Lipinski definition) is 1. The highest BCUT2D eigenvalue weighted by atomic mass is 31.2. The summed E-state index contributed by atoms with van der Waals surface area (Å²) < 4.78 is 23.3. The molecule has 0 radical (unpaired) electrons. The molecular formula is C23H51NO4P+. The van der Waals surface area contributed by atoms with Crippen LogP contribution in [0.1, 0.15) is 117 Å². The summed E-state index contributed by atoms with van der Waals surface area (Å²) in [6.07, 6.45) is 19.4. The second-order valence-electron chi connectivity index (χ2n) is 9.36. The molecule has 0 aliphatic rings. The summed E-state index contributed by atoms with van der Waals surface area (Å²) in [7, 11) is 1.92. The highest BCUT2D eigenvalue weighted by molar-refractivity contribution is 7.47. The van der Waals surface area contributed by atoms with E-state index < -0.39 is 7.82 Å². The zero-order chi connectivity index (χ0) is 22.0. The number of unbranched alkanes of at least 4 members (excludes halogenated alkanes) is 13. The van der Waals surface area contributed by atoms with Crippen molar-refractivity contribution < 1.29 is 23.0 Å². The van der Waals surface area contributed by atoms with Gasteiger partial charge < -0.3 is 9.38 Å². The highest BCUT2D eigenvalue weighted by Crippen LogP contribution is 2.46. The summed E-state index contributed by atoms with van der Waals surface area (Å²) in [5.74, 6) is 0. The van der Waals surface area contributed by atoms with Crippen molar-refractivity contribution in [1.82, 2.24) is 0 Å². The monoisotopic (exact) mass is 436 g/mol. The Morgan fingerprint density at radius 3 is 1.52 bits per heavy atom. The van der Waals surface area contributed by atoms with Gasteiger partial charge in [-0.15, -0.1) is 0 Å². The van der Waals surface area contributed by atoms with Crippen LogP contribution in [0.25, 0.3) is 0 Å². The number of phosphoric ester groups is 1. The van der Waals surface area contributed by atoms with E-state index in [1.165, 1.54) is 77.0 Å². The molecule has 2 atom stereocenters. The normalized spacial score (nSPS) is 15.4. The van der Waals surface area contributed by atoms with Crippen LogP contribution in [-0.2, 0) is 13.6 Å². The van der Waals surface area contributed by atoms with Gasteiger partial charge in [-0.1, -0.05) is 97.3 Å². The van der Waals surface area contributed by atoms with Crippen molar-refractivity contribution in [1.29, 1.82) is 0 Å². The molecule has 0 aromatic heterocycles. The van der Waals surface area contributed by atoms with Gasteiger partial charge in [-0.05, 0) is 12.8 Å². The van der Waals surface area contributed by atoms with Crippen LogP contribution in [0, 0.1) is 0 Å². The molecule has 0 aromatic rings. The second-order valence-corrected chi connectivity index (χ2v) is 10.8. The zero-order valence-corrected chi connectivity index (χ0v) is 21.1. The molecule has 0 saturated carbocycles. The summed E-state index contributed by atoms with van der Waals surface area (Å²) in [6, 6.07) is 0. The molecule has 5 nitrogen and oxygen atoms in total. The number of quaternary nitrogens is 1. The van der Waals surface area contributed by atoms with Crippen LogP contribution in [0.3, 0.4) is 0 Å². The molecule has 29 heavy (non-hydrogen) atoms. The third-order valence-electron chi connectivity index (χ3n) is 5.41. The number of rotatable bonds is 21. The lowest BCUT2D eigenvalue weighted by Crippen LogP contribution is -2.46. The Morgan fingerprint density at radius 1 is 0.724 bits per heavy atom. The lowest BCUT2D eigenvalue weighted by Gasteiger charge is -2.33. The lowest BCUT2D eigenvalue weighted by molar-refractivity contribution is -0.916. The molecular weight excluding hydrogens is 385 g/mol. The van der Waals surface area contributed by atoms with E-state index in [4.69, 9.17) is 9.05 Å². The van der Waals surface area contributed by atoms with Crippen molar-refractivity contribution in [3.05, 3.63) is 0 Å². The molecule has 0 aliphatic heterocycles. The molecule has 0 aromatic carbocycles. The Kier molecular flexibility index (Phi) is 17.8. The van der Waals surface area contributed by atoms with Gasteiger partial charge in [0.1, 0.15) is 0 Å². The van der Waals surface area contributed by atoms with Crippen molar-refractivity contribution in [2.24, 2.45) is 0 Å². The Morgan fingerprint density at radius 2 is 1.14 bits per heavy atom. The molecule has 0 heterocycles. The minimum absolute atomic E-state index is 0.293. The lowest BCUT2D eigenvalue weighted by atomic mass is 10.0. The minimum atomic E-state index is -3.98. The molecule has 0 spiro atoms. The van der Waals surface area contributed by atoms with E-state index in [0.717, 1.165) is 25.7 Å². The van der Waals surface area contributed by atoms with E-state index in [-0.39, 0.29) is 6.23 Å². The largest absolute Gasteiger partial charge is 0.476 e. The summed E-state index contributed by atoms with van der Waals surface area (Å²) in [6.45, 7) is 4.61. The van der Waals surface area contributed by atoms with Crippen LogP contribution in [0.4, 0.5) is 0 Å². The van der Waals surface area contributed by atoms with Crippen molar-refractivity contribution in [3.63, 3.8) is 0 Å². The van der Waals surface area contributed by atoms with Gasteiger partial charge >= 0.3 is 7.82 Å². The second kappa shape index (κ2) is 17.7.